The topological polar surface area (TPSA) is 83.6 Å². The van der Waals surface area contributed by atoms with Crippen LogP contribution in [0.2, 0.25) is 0 Å². The van der Waals surface area contributed by atoms with E-state index in [4.69, 9.17) is 10.8 Å². The number of carboxylic acid groups (broad SMARTS) is 1. The van der Waals surface area contributed by atoms with Gasteiger partial charge < -0.3 is 15.7 Å². The zero-order chi connectivity index (χ0) is 15.9. The van der Waals surface area contributed by atoms with Gasteiger partial charge in [-0.1, -0.05) is 12.1 Å². The maximum Gasteiger partial charge on any atom is 0.417 e. The van der Waals surface area contributed by atoms with Crippen LogP contribution in [0.1, 0.15) is 34.5 Å². The first-order valence-electron chi connectivity index (χ1n) is 6.15. The summed E-state index contributed by atoms with van der Waals surface area (Å²) < 4.78 is 39.0. The smallest absolute Gasteiger partial charge is 0.417 e. The first-order chi connectivity index (χ1) is 9.70. The fourth-order valence-electron chi connectivity index (χ4n) is 2.55. The first kappa shape index (κ1) is 18.2. The number of nitrogens with two attached hydrogens (primary N) is 1. The predicted molar refractivity (Wildman–Crippen MR) is 73.8 cm³/mol. The van der Waals surface area contributed by atoms with Gasteiger partial charge in [0.15, 0.2) is 0 Å². The molecule has 0 saturated heterocycles. The van der Waals surface area contributed by atoms with Crippen LogP contribution in [-0.4, -0.2) is 34.5 Å². The Hall–Kier alpha value is -1.80. The van der Waals surface area contributed by atoms with Gasteiger partial charge in [0, 0.05) is 6.54 Å². The lowest BCUT2D eigenvalue weighted by Gasteiger charge is -2.27. The minimum Gasteiger partial charge on any atom is -0.480 e. The molecule has 122 valence electrons. The summed E-state index contributed by atoms with van der Waals surface area (Å²) >= 11 is 0. The van der Waals surface area contributed by atoms with Crippen molar-refractivity contribution in [2.24, 2.45) is 5.73 Å². The van der Waals surface area contributed by atoms with Crippen molar-refractivity contribution in [3.63, 3.8) is 0 Å². The molecular formula is C13H14ClF3N2O3. The molecular weight excluding hydrogens is 325 g/mol. The first-order valence-corrected chi connectivity index (χ1v) is 6.15. The second-order valence-electron chi connectivity index (χ2n) is 4.75. The minimum atomic E-state index is -4.69. The van der Waals surface area contributed by atoms with Crippen molar-refractivity contribution in [1.82, 2.24) is 4.90 Å². The molecule has 22 heavy (non-hydrogen) atoms. The molecule has 1 heterocycles. The highest BCUT2D eigenvalue weighted by molar-refractivity contribution is 6.02. The molecule has 0 saturated carbocycles. The molecule has 0 aromatic heterocycles. The normalized spacial score (nSPS) is 18.7. The van der Waals surface area contributed by atoms with Gasteiger partial charge in [0.25, 0.3) is 5.91 Å². The Morgan fingerprint density at radius 2 is 2.05 bits per heavy atom. The average molecular weight is 339 g/mol. The summed E-state index contributed by atoms with van der Waals surface area (Å²) in [6, 6.07) is 1.22. The van der Waals surface area contributed by atoms with Crippen molar-refractivity contribution in [1.29, 1.82) is 0 Å². The van der Waals surface area contributed by atoms with Crippen LogP contribution in [0.4, 0.5) is 13.2 Å². The third kappa shape index (κ3) is 2.76. The molecule has 1 aliphatic heterocycles. The van der Waals surface area contributed by atoms with Crippen LogP contribution in [-0.2, 0) is 11.0 Å². The number of alkyl halides is 3. The number of carboxylic acids is 1. The number of halogens is 4. The van der Waals surface area contributed by atoms with E-state index < -0.39 is 41.3 Å². The maximum atomic E-state index is 13.0. The van der Waals surface area contributed by atoms with Crippen molar-refractivity contribution < 1.29 is 27.9 Å². The van der Waals surface area contributed by atoms with Crippen LogP contribution in [0.25, 0.3) is 0 Å². The monoisotopic (exact) mass is 338 g/mol. The summed E-state index contributed by atoms with van der Waals surface area (Å²) in [6.07, 6.45) is -4.69. The maximum absolute atomic E-state index is 13.0. The Kier molecular flexibility index (Phi) is 5.09. The molecule has 0 spiro atoms. The Morgan fingerprint density at radius 3 is 2.50 bits per heavy atom. The number of carbonyl (C=O) groups is 2. The SMILES string of the molecule is CC(C(=O)O)N1C(=O)c2c(cccc2C(F)(F)F)C1CN.Cl. The number of amides is 1. The van der Waals surface area contributed by atoms with Crippen LogP contribution in [0, 0.1) is 0 Å². The van der Waals surface area contributed by atoms with E-state index in [1.54, 1.807) is 0 Å². The third-order valence-corrected chi connectivity index (χ3v) is 3.54. The fourth-order valence-corrected chi connectivity index (χ4v) is 2.55. The van der Waals surface area contributed by atoms with E-state index in [1.165, 1.54) is 19.1 Å². The lowest BCUT2D eigenvalue weighted by Crippen LogP contribution is -2.43. The number of fused-ring (bicyclic) bond motifs is 1. The van der Waals surface area contributed by atoms with Crippen molar-refractivity contribution >= 4 is 24.3 Å². The number of carbonyl (C=O) groups excluding carboxylic acids is 1. The van der Waals surface area contributed by atoms with Gasteiger partial charge in [-0.25, -0.2) is 4.79 Å². The Labute approximate surface area is 130 Å². The average Bonchev–Trinajstić information content (AvgIpc) is 2.69. The van der Waals surface area contributed by atoms with Gasteiger partial charge in [0.2, 0.25) is 0 Å². The fraction of sp³-hybridized carbons (Fsp3) is 0.385. The van der Waals surface area contributed by atoms with Gasteiger partial charge in [-0.15, -0.1) is 12.4 Å². The number of rotatable bonds is 3. The summed E-state index contributed by atoms with van der Waals surface area (Å²) in [5, 5.41) is 9.02. The summed E-state index contributed by atoms with van der Waals surface area (Å²) in [4.78, 5) is 24.2. The van der Waals surface area contributed by atoms with Crippen LogP contribution in [0.5, 0.6) is 0 Å². The molecule has 2 rings (SSSR count). The molecule has 3 N–H and O–H groups in total. The molecule has 1 aliphatic rings. The highest BCUT2D eigenvalue weighted by atomic mass is 35.5. The van der Waals surface area contributed by atoms with Crippen LogP contribution >= 0.6 is 12.4 Å². The van der Waals surface area contributed by atoms with Gasteiger partial charge in [-0.3, -0.25) is 4.79 Å². The Balaban J connectivity index is 0.00000242. The lowest BCUT2D eigenvalue weighted by molar-refractivity contribution is -0.142. The van der Waals surface area contributed by atoms with Gasteiger partial charge >= 0.3 is 12.1 Å². The summed E-state index contributed by atoms with van der Waals surface area (Å²) in [5.41, 5.74) is 4.07. The number of hydrogen-bond acceptors (Lipinski definition) is 3. The standard InChI is InChI=1S/C13H13F3N2O3.ClH/c1-6(12(20)21)18-9(5-17)7-3-2-4-8(13(14,15)16)10(7)11(18)19;/h2-4,6,9H,5,17H2,1H3,(H,20,21);1H. The van der Waals surface area contributed by atoms with Crippen molar-refractivity contribution in [2.75, 3.05) is 6.54 Å². The van der Waals surface area contributed by atoms with Gasteiger partial charge in [-0.2, -0.15) is 13.2 Å². The third-order valence-electron chi connectivity index (χ3n) is 3.54. The molecule has 0 fully saturated rings. The molecule has 0 radical (unpaired) electrons. The zero-order valence-corrected chi connectivity index (χ0v) is 12.2. The largest absolute Gasteiger partial charge is 0.480 e. The number of benzene rings is 1. The second kappa shape index (κ2) is 6.13. The molecule has 9 heteroatoms. The number of aliphatic carboxylic acids is 1. The highest BCUT2D eigenvalue weighted by Gasteiger charge is 2.46. The van der Waals surface area contributed by atoms with Gasteiger partial charge in [0.1, 0.15) is 6.04 Å². The van der Waals surface area contributed by atoms with Gasteiger partial charge in [-0.05, 0) is 18.6 Å². The summed E-state index contributed by atoms with van der Waals surface area (Å²) in [5.74, 6) is -2.26. The van der Waals surface area contributed by atoms with Crippen LogP contribution < -0.4 is 5.73 Å². The highest BCUT2D eigenvalue weighted by Crippen LogP contribution is 2.41. The molecule has 1 aromatic rings. The summed E-state index contributed by atoms with van der Waals surface area (Å²) in [7, 11) is 0. The predicted octanol–water partition coefficient (Wildman–Crippen LogP) is 2.06. The molecule has 0 bridgehead atoms. The van der Waals surface area contributed by atoms with Gasteiger partial charge in [0.05, 0.1) is 17.2 Å². The van der Waals surface area contributed by atoms with Crippen molar-refractivity contribution in [2.45, 2.75) is 25.2 Å². The molecule has 2 atom stereocenters. The van der Waals surface area contributed by atoms with Crippen molar-refractivity contribution in [3.05, 3.63) is 34.9 Å². The van der Waals surface area contributed by atoms with E-state index in [0.717, 1.165) is 11.0 Å². The number of nitrogens with zero attached hydrogens (tertiary/aromatic N) is 1. The van der Waals surface area contributed by atoms with Crippen molar-refractivity contribution in [3.8, 4) is 0 Å². The minimum absolute atomic E-state index is 0. The second-order valence-corrected chi connectivity index (χ2v) is 4.75. The Morgan fingerprint density at radius 1 is 1.45 bits per heavy atom. The van der Waals surface area contributed by atoms with E-state index in [2.05, 4.69) is 0 Å². The van der Waals surface area contributed by atoms with Crippen LogP contribution in [0.3, 0.4) is 0 Å². The van der Waals surface area contributed by atoms with E-state index >= 15 is 0 Å². The van der Waals surface area contributed by atoms with Crippen LogP contribution in [0.15, 0.2) is 18.2 Å². The van der Waals surface area contributed by atoms with E-state index in [-0.39, 0.29) is 24.5 Å². The molecule has 0 aliphatic carbocycles. The molecule has 1 aromatic carbocycles. The quantitative estimate of drug-likeness (QED) is 0.883. The molecule has 5 nitrogen and oxygen atoms in total. The summed E-state index contributed by atoms with van der Waals surface area (Å²) in [6.45, 7) is 1.08. The Bertz CT molecular complexity index is 607. The van der Waals surface area contributed by atoms with E-state index in [0.29, 0.717) is 0 Å². The zero-order valence-electron chi connectivity index (χ0n) is 11.4. The number of hydrogen-bond donors (Lipinski definition) is 2. The van der Waals surface area contributed by atoms with E-state index in [1.807, 2.05) is 0 Å². The van der Waals surface area contributed by atoms with E-state index in [9.17, 15) is 22.8 Å². The molecule has 2 unspecified atom stereocenters. The molecule has 1 amide bonds. The lowest BCUT2D eigenvalue weighted by atomic mass is 9.99.